The van der Waals surface area contributed by atoms with Crippen LogP contribution in [0, 0.1) is 11.3 Å². The van der Waals surface area contributed by atoms with E-state index in [0.717, 1.165) is 5.41 Å². The van der Waals surface area contributed by atoms with Crippen molar-refractivity contribution in [1.29, 1.82) is 5.26 Å². The first-order chi connectivity index (χ1) is 4.14. The van der Waals surface area contributed by atoms with Gasteiger partial charge >= 0.3 is 0 Å². The van der Waals surface area contributed by atoms with E-state index >= 15 is 0 Å². The van der Waals surface area contributed by atoms with Gasteiger partial charge in [-0.05, 0) is 6.08 Å². The molecule has 1 atom stereocenters. The van der Waals surface area contributed by atoms with Crippen LogP contribution in [0.2, 0.25) is 0 Å². The van der Waals surface area contributed by atoms with Crippen LogP contribution in [0.5, 0.6) is 0 Å². The minimum atomic E-state index is -3.51. The van der Waals surface area contributed by atoms with Crippen LogP contribution in [0.3, 0.4) is 0 Å². The van der Waals surface area contributed by atoms with E-state index in [4.69, 9.17) is 5.26 Å². The molecule has 1 aliphatic rings. The van der Waals surface area contributed by atoms with Crippen molar-refractivity contribution >= 4 is 10.1 Å². The quantitative estimate of drug-likeness (QED) is 0.441. The van der Waals surface area contributed by atoms with Crippen LogP contribution in [-0.4, -0.2) is 14.5 Å². The molecule has 9 heavy (non-hydrogen) atoms. The summed E-state index contributed by atoms with van der Waals surface area (Å²) in [5.41, 5.74) is 0. The predicted octanol–water partition coefficient (Wildman–Crippen LogP) is -0.248. The number of hydrogen-bond acceptors (Lipinski definition) is 4. The predicted molar refractivity (Wildman–Crippen MR) is 28.5 cm³/mol. The average Bonchev–Trinajstić information content (AvgIpc) is 2.10. The van der Waals surface area contributed by atoms with Crippen molar-refractivity contribution in [3.05, 3.63) is 11.5 Å². The standard InChI is InChI=1S/C4H3NO3S/c5-3-4-1-2-9(6,7)8-4/h1-2,4H. The van der Waals surface area contributed by atoms with E-state index in [9.17, 15) is 8.42 Å². The molecule has 1 unspecified atom stereocenters. The van der Waals surface area contributed by atoms with Crippen LogP contribution in [-0.2, 0) is 14.3 Å². The maximum absolute atomic E-state index is 10.3. The number of rotatable bonds is 0. The maximum atomic E-state index is 10.3. The van der Waals surface area contributed by atoms with Gasteiger partial charge in [-0.1, -0.05) is 0 Å². The zero-order valence-corrected chi connectivity index (χ0v) is 5.13. The van der Waals surface area contributed by atoms with E-state index in [0.29, 0.717) is 0 Å². The third kappa shape index (κ3) is 1.28. The first kappa shape index (κ1) is 6.26. The molecule has 1 rings (SSSR count). The summed E-state index contributed by atoms with van der Waals surface area (Å²) in [6.45, 7) is 0. The molecule has 0 amide bonds. The maximum Gasteiger partial charge on any atom is 0.291 e. The molecule has 0 saturated heterocycles. The Morgan fingerprint density at radius 1 is 1.67 bits per heavy atom. The van der Waals surface area contributed by atoms with Gasteiger partial charge in [-0.3, -0.25) is 0 Å². The van der Waals surface area contributed by atoms with Crippen molar-refractivity contribution < 1.29 is 12.6 Å². The van der Waals surface area contributed by atoms with Crippen molar-refractivity contribution in [1.82, 2.24) is 0 Å². The summed E-state index contributed by atoms with van der Waals surface area (Å²) in [6.07, 6.45) is 0.269. The first-order valence-corrected chi connectivity index (χ1v) is 3.62. The summed E-state index contributed by atoms with van der Waals surface area (Å²) in [6, 6.07) is 1.63. The van der Waals surface area contributed by atoms with E-state index in [2.05, 4.69) is 4.18 Å². The molecular weight excluding hydrogens is 142 g/mol. The third-order valence-electron chi connectivity index (χ3n) is 0.785. The van der Waals surface area contributed by atoms with Gasteiger partial charge in [0.05, 0.1) is 5.41 Å². The summed E-state index contributed by atoms with van der Waals surface area (Å²) in [7, 11) is -3.51. The lowest BCUT2D eigenvalue weighted by atomic mass is 10.4. The van der Waals surface area contributed by atoms with Gasteiger partial charge in [-0.2, -0.15) is 13.7 Å². The molecule has 0 radical (unpaired) electrons. The first-order valence-electron chi connectivity index (χ1n) is 2.15. The van der Waals surface area contributed by atoms with Crippen LogP contribution < -0.4 is 0 Å². The normalized spacial score (nSPS) is 29.9. The Labute approximate surface area is 52.5 Å². The molecule has 0 aromatic heterocycles. The highest BCUT2D eigenvalue weighted by atomic mass is 32.2. The number of hydrogen-bond donors (Lipinski definition) is 0. The van der Waals surface area contributed by atoms with Gasteiger partial charge in [0.2, 0.25) is 0 Å². The molecule has 0 aromatic rings. The van der Waals surface area contributed by atoms with Crippen LogP contribution in [0.25, 0.3) is 0 Å². The summed E-state index contributed by atoms with van der Waals surface area (Å²) >= 11 is 0. The van der Waals surface area contributed by atoms with Crippen molar-refractivity contribution in [3.8, 4) is 6.07 Å². The monoisotopic (exact) mass is 145 g/mol. The van der Waals surface area contributed by atoms with Gasteiger partial charge in [0.15, 0.2) is 6.10 Å². The Morgan fingerprint density at radius 2 is 2.33 bits per heavy atom. The van der Waals surface area contributed by atoms with Crippen LogP contribution in [0.4, 0.5) is 0 Å². The van der Waals surface area contributed by atoms with Gasteiger partial charge in [0.25, 0.3) is 10.1 Å². The van der Waals surface area contributed by atoms with Gasteiger partial charge in [0.1, 0.15) is 6.07 Å². The van der Waals surface area contributed by atoms with E-state index in [1.165, 1.54) is 6.08 Å². The zero-order chi connectivity index (χ0) is 6.91. The highest BCUT2D eigenvalue weighted by Gasteiger charge is 2.20. The van der Waals surface area contributed by atoms with E-state index in [-0.39, 0.29) is 0 Å². The molecule has 0 spiro atoms. The van der Waals surface area contributed by atoms with Crippen molar-refractivity contribution in [3.63, 3.8) is 0 Å². The van der Waals surface area contributed by atoms with Gasteiger partial charge < -0.3 is 0 Å². The molecule has 1 aliphatic heterocycles. The fourth-order valence-electron chi connectivity index (χ4n) is 0.441. The van der Waals surface area contributed by atoms with Crippen LogP contribution in [0.15, 0.2) is 11.5 Å². The van der Waals surface area contributed by atoms with Crippen molar-refractivity contribution in [2.24, 2.45) is 0 Å². The van der Waals surface area contributed by atoms with E-state index < -0.39 is 16.2 Å². The summed E-state index contributed by atoms with van der Waals surface area (Å²) in [5.74, 6) is 0. The van der Waals surface area contributed by atoms with Crippen molar-refractivity contribution in [2.45, 2.75) is 6.10 Å². The van der Waals surface area contributed by atoms with Crippen LogP contribution in [0.1, 0.15) is 0 Å². The molecule has 0 aliphatic carbocycles. The smallest absolute Gasteiger partial charge is 0.244 e. The molecule has 5 heteroatoms. The zero-order valence-electron chi connectivity index (χ0n) is 4.31. The van der Waals surface area contributed by atoms with Crippen molar-refractivity contribution in [2.75, 3.05) is 0 Å². The lowest BCUT2D eigenvalue weighted by Crippen LogP contribution is -2.03. The Morgan fingerprint density at radius 3 is 2.56 bits per heavy atom. The minimum absolute atomic E-state index is 0.876. The third-order valence-corrected chi connectivity index (χ3v) is 1.75. The Kier molecular flexibility index (Phi) is 1.27. The second-order valence-corrected chi connectivity index (χ2v) is 2.92. The van der Waals surface area contributed by atoms with E-state index in [1.54, 1.807) is 6.07 Å². The fraction of sp³-hybridized carbons (Fsp3) is 0.250. The Hall–Kier alpha value is -0.860. The highest BCUT2D eigenvalue weighted by Crippen LogP contribution is 2.10. The second kappa shape index (κ2) is 1.83. The lowest BCUT2D eigenvalue weighted by molar-refractivity contribution is 0.321. The molecule has 0 aromatic carbocycles. The second-order valence-electron chi connectivity index (χ2n) is 1.47. The molecule has 0 saturated carbocycles. The highest BCUT2D eigenvalue weighted by molar-refractivity contribution is 7.89. The average molecular weight is 145 g/mol. The van der Waals surface area contributed by atoms with Crippen LogP contribution >= 0.6 is 0 Å². The summed E-state index contributed by atoms with van der Waals surface area (Å²) in [5, 5.41) is 8.98. The summed E-state index contributed by atoms with van der Waals surface area (Å²) in [4.78, 5) is 0. The summed E-state index contributed by atoms with van der Waals surface area (Å²) < 4.78 is 24.9. The largest absolute Gasteiger partial charge is 0.291 e. The molecule has 0 bridgehead atoms. The van der Waals surface area contributed by atoms with Gasteiger partial charge in [-0.15, -0.1) is 0 Å². The lowest BCUT2D eigenvalue weighted by Gasteiger charge is -1.91. The Bertz CT molecular complexity index is 271. The van der Waals surface area contributed by atoms with E-state index in [1.807, 2.05) is 0 Å². The molecular formula is C4H3NO3S. The topological polar surface area (TPSA) is 67.2 Å². The Balaban J connectivity index is 2.87. The van der Waals surface area contributed by atoms with Gasteiger partial charge in [0, 0.05) is 0 Å². The fourth-order valence-corrected chi connectivity index (χ4v) is 1.24. The van der Waals surface area contributed by atoms with Gasteiger partial charge in [-0.25, -0.2) is 4.18 Å². The number of nitrogens with zero attached hydrogens (tertiary/aromatic N) is 1. The molecule has 0 fully saturated rings. The number of nitriles is 1. The molecule has 1 heterocycles. The SMILES string of the molecule is N#CC1C=CS(=O)(=O)O1. The molecule has 0 N–H and O–H groups in total. The molecule has 48 valence electrons. The molecule has 4 nitrogen and oxygen atoms in total. The minimum Gasteiger partial charge on any atom is -0.244 e.